The first-order valence-electron chi connectivity index (χ1n) is 5.35. The van der Waals surface area contributed by atoms with Crippen molar-refractivity contribution in [2.24, 2.45) is 5.92 Å². The van der Waals surface area contributed by atoms with E-state index < -0.39 is 0 Å². The SMILES string of the molecule is COc1ccccc1C(C)C(Br)C(C)C. The van der Waals surface area contributed by atoms with Gasteiger partial charge in [-0.3, -0.25) is 0 Å². The molecule has 0 fully saturated rings. The highest BCUT2D eigenvalue weighted by molar-refractivity contribution is 9.09. The van der Waals surface area contributed by atoms with E-state index in [-0.39, 0.29) is 0 Å². The summed E-state index contributed by atoms with van der Waals surface area (Å²) >= 11 is 3.75. The second-order valence-electron chi connectivity index (χ2n) is 4.22. The summed E-state index contributed by atoms with van der Waals surface area (Å²) < 4.78 is 5.38. The van der Waals surface area contributed by atoms with E-state index in [0.717, 1.165) is 5.75 Å². The minimum Gasteiger partial charge on any atom is -0.496 e. The van der Waals surface area contributed by atoms with Gasteiger partial charge in [-0.15, -0.1) is 0 Å². The average molecular weight is 271 g/mol. The van der Waals surface area contributed by atoms with Gasteiger partial charge in [0, 0.05) is 4.83 Å². The van der Waals surface area contributed by atoms with Crippen LogP contribution >= 0.6 is 15.9 Å². The molecule has 2 heteroatoms. The molecule has 0 aliphatic carbocycles. The van der Waals surface area contributed by atoms with Gasteiger partial charge in [-0.05, 0) is 23.5 Å². The maximum Gasteiger partial charge on any atom is 0.122 e. The molecule has 1 rings (SSSR count). The summed E-state index contributed by atoms with van der Waals surface area (Å²) in [4.78, 5) is 0.480. The van der Waals surface area contributed by atoms with Crippen molar-refractivity contribution in [3.63, 3.8) is 0 Å². The fourth-order valence-corrected chi connectivity index (χ4v) is 2.08. The van der Waals surface area contributed by atoms with Crippen molar-refractivity contribution in [1.29, 1.82) is 0 Å². The predicted octanol–water partition coefficient (Wildman–Crippen LogP) is 4.22. The molecule has 1 nitrogen and oxygen atoms in total. The second-order valence-corrected chi connectivity index (χ2v) is 5.28. The lowest BCUT2D eigenvalue weighted by Crippen LogP contribution is -2.16. The lowest BCUT2D eigenvalue weighted by atomic mass is 9.91. The van der Waals surface area contributed by atoms with E-state index in [1.807, 2.05) is 12.1 Å². The lowest BCUT2D eigenvalue weighted by Gasteiger charge is -2.23. The first-order valence-corrected chi connectivity index (χ1v) is 6.26. The van der Waals surface area contributed by atoms with E-state index in [9.17, 15) is 0 Å². The molecule has 2 unspecified atom stereocenters. The van der Waals surface area contributed by atoms with Crippen molar-refractivity contribution in [2.75, 3.05) is 7.11 Å². The van der Waals surface area contributed by atoms with Gasteiger partial charge in [-0.25, -0.2) is 0 Å². The Bertz CT molecular complexity index is 309. The third kappa shape index (κ3) is 2.97. The number of ether oxygens (including phenoxy) is 1. The Morgan fingerprint density at radius 1 is 1.13 bits per heavy atom. The van der Waals surface area contributed by atoms with E-state index in [4.69, 9.17) is 4.74 Å². The van der Waals surface area contributed by atoms with Gasteiger partial charge in [0.25, 0.3) is 0 Å². The summed E-state index contributed by atoms with van der Waals surface area (Å²) in [5.74, 6) is 2.06. The van der Waals surface area contributed by atoms with Crippen molar-refractivity contribution < 1.29 is 4.74 Å². The molecular formula is C13H19BrO. The maximum absolute atomic E-state index is 5.38. The summed E-state index contributed by atoms with van der Waals surface area (Å²) in [5, 5.41) is 0. The average Bonchev–Trinajstić information content (AvgIpc) is 2.26. The summed E-state index contributed by atoms with van der Waals surface area (Å²) in [6.07, 6.45) is 0. The molecule has 2 atom stereocenters. The van der Waals surface area contributed by atoms with Crippen molar-refractivity contribution in [3.05, 3.63) is 29.8 Å². The number of alkyl halides is 1. The van der Waals surface area contributed by atoms with Gasteiger partial charge >= 0.3 is 0 Å². The van der Waals surface area contributed by atoms with Gasteiger partial charge in [0.2, 0.25) is 0 Å². The van der Waals surface area contributed by atoms with Crippen LogP contribution in [0.1, 0.15) is 32.3 Å². The van der Waals surface area contributed by atoms with Crippen LogP contribution in [-0.2, 0) is 0 Å². The van der Waals surface area contributed by atoms with E-state index >= 15 is 0 Å². The number of benzene rings is 1. The molecule has 0 heterocycles. The van der Waals surface area contributed by atoms with Gasteiger partial charge in [0.05, 0.1) is 7.11 Å². The third-order valence-electron chi connectivity index (χ3n) is 2.74. The van der Waals surface area contributed by atoms with Crippen molar-refractivity contribution in [3.8, 4) is 5.75 Å². The Morgan fingerprint density at radius 2 is 1.73 bits per heavy atom. The van der Waals surface area contributed by atoms with Crippen LogP contribution in [0.5, 0.6) is 5.75 Å². The Balaban J connectivity index is 2.94. The normalized spacial score (nSPS) is 15.1. The third-order valence-corrected chi connectivity index (χ3v) is 4.59. The minimum atomic E-state index is 0.459. The van der Waals surface area contributed by atoms with Crippen LogP contribution in [0.25, 0.3) is 0 Å². The highest BCUT2D eigenvalue weighted by atomic mass is 79.9. The molecule has 0 saturated heterocycles. The first-order chi connectivity index (χ1) is 7.07. The van der Waals surface area contributed by atoms with Gasteiger partial charge < -0.3 is 4.74 Å². The van der Waals surface area contributed by atoms with Crippen LogP contribution in [0.3, 0.4) is 0 Å². The molecule has 0 aliphatic rings. The topological polar surface area (TPSA) is 9.23 Å². The maximum atomic E-state index is 5.38. The molecule has 0 saturated carbocycles. The number of rotatable bonds is 4. The van der Waals surface area contributed by atoms with Crippen LogP contribution in [-0.4, -0.2) is 11.9 Å². The van der Waals surface area contributed by atoms with Crippen LogP contribution in [0.4, 0.5) is 0 Å². The number of methoxy groups -OCH3 is 1. The van der Waals surface area contributed by atoms with E-state index in [1.165, 1.54) is 5.56 Å². The smallest absolute Gasteiger partial charge is 0.122 e. The largest absolute Gasteiger partial charge is 0.496 e. The monoisotopic (exact) mass is 270 g/mol. The summed E-state index contributed by atoms with van der Waals surface area (Å²) in [6, 6.07) is 8.23. The van der Waals surface area contributed by atoms with Crippen LogP contribution < -0.4 is 4.74 Å². The number of halogens is 1. The minimum absolute atomic E-state index is 0.459. The summed E-state index contributed by atoms with van der Waals surface area (Å²) in [6.45, 7) is 6.69. The van der Waals surface area contributed by atoms with Crippen LogP contribution in [0.2, 0.25) is 0 Å². The zero-order chi connectivity index (χ0) is 11.4. The highest BCUT2D eigenvalue weighted by Gasteiger charge is 2.21. The van der Waals surface area contributed by atoms with Gasteiger partial charge in [-0.2, -0.15) is 0 Å². The Hall–Kier alpha value is -0.500. The lowest BCUT2D eigenvalue weighted by molar-refractivity contribution is 0.403. The van der Waals surface area contributed by atoms with E-state index in [1.54, 1.807) is 7.11 Å². The molecule has 0 N–H and O–H groups in total. The van der Waals surface area contributed by atoms with Gasteiger partial charge in [0.15, 0.2) is 0 Å². The van der Waals surface area contributed by atoms with E-state index in [2.05, 4.69) is 48.8 Å². The summed E-state index contributed by atoms with van der Waals surface area (Å²) in [5.41, 5.74) is 1.27. The highest BCUT2D eigenvalue weighted by Crippen LogP contribution is 2.34. The molecule has 0 amide bonds. The van der Waals surface area contributed by atoms with Crippen molar-refractivity contribution in [1.82, 2.24) is 0 Å². The van der Waals surface area contributed by atoms with Crippen molar-refractivity contribution in [2.45, 2.75) is 31.5 Å². The molecule has 0 bridgehead atoms. The van der Waals surface area contributed by atoms with Gasteiger partial charge in [-0.1, -0.05) is 54.9 Å². The molecule has 0 radical (unpaired) electrons. The second kappa shape index (κ2) is 5.55. The Morgan fingerprint density at radius 3 is 2.27 bits per heavy atom. The molecule has 0 aromatic heterocycles. The van der Waals surface area contributed by atoms with Gasteiger partial charge in [0.1, 0.15) is 5.75 Å². The quantitative estimate of drug-likeness (QED) is 0.745. The molecule has 0 aliphatic heterocycles. The fraction of sp³-hybridized carbons (Fsp3) is 0.538. The molecule has 1 aromatic carbocycles. The van der Waals surface area contributed by atoms with Crippen LogP contribution in [0, 0.1) is 5.92 Å². The standard InChI is InChI=1S/C13H19BrO/c1-9(2)13(14)10(3)11-7-5-6-8-12(11)15-4/h5-10,13H,1-4H3. The molecule has 1 aromatic rings. The summed E-state index contributed by atoms with van der Waals surface area (Å²) in [7, 11) is 1.73. The molecule has 15 heavy (non-hydrogen) atoms. The number of hydrogen-bond donors (Lipinski definition) is 0. The number of para-hydroxylation sites is 1. The van der Waals surface area contributed by atoms with Crippen molar-refractivity contribution >= 4 is 15.9 Å². The fourth-order valence-electron chi connectivity index (χ4n) is 1.79. The Kier molecular flexibility index (Phi) is 4.65. The van der Waals surface area contributed by atoms with Crippen LogP contribution in [0.15, 0.2) is 24.3 Å². The first kappa shape index (κ1) is 12.6. The van der Waals surface area contributed by atoms with E-state index in [0.29, 0.717) is 16.7 Å². The zero-order valence-electron chi connectivity index (χ0n) is 9.83. The molecule has 0 spiro atoms. The molecule has 84 valence electrons. The molecular weight excluding hydrogens is 252 g/mol. The number of hydrogen-bond acceptors (Lipinski definition) is 1. The predicted molar refractivity (Wildman–Crippen MR) is 69.0 cm³/mol. The zero-order valence-corrected chi connectivity index (χ0v) is 11.4. The Labute approximate surface area is 101 Å².